The van der Waals surface area contributed by atoms with Crippen LogP contribution in [0, 0.1) is 0 Å². The van der Waals surface area contributed by atoms with Crippen LogP contribution in [0.4, 0.5) is 0 Å². The van der Waals surface area contributed by atoms with Gasteiger partial charge in [-0.05, 0) is 18.3 Å². The molecule has 2 atom stereocenters. The summed E-state index contributed by atoms with van der Waals surface area (Å²) in [4.78, 5) is 0. The fraction of sp³-hybridized carbons (Fsp3) is 0.800. The van der Waals surface area contributed by atoms with Crippen molar-refractivity contribution in [1.82, 2.24) is 5.32 Å². The predicted octanol–water partition coefficient (Wildman–Crippen LogP) is 0.646. The average molecular weight is 147 g/mol. The summed E-state index contributed by atoms with van der Waals surface area (Å²) in [6.45, 7) is 1.06. The number of nitrogens with one attached hydrogen (secondary N) is 1. The first-order chi connectivity index (χ1) is 3.84. The molecule has 0 saturated carbocycles. The number of hydrogen-bond donors (Lipinski definition) is 2. The van der Waals surface area contributed by atoms with Crippen molar-refractivity contribution in [1.29, 1.82) is 0 Å². The molecule has 1 saturated heterocycles. The molecule has 1 fully saturated rings. The third-order valence-corrected chi connectivity index (χ3v) is 2.25. The van der Waals surface area contributed by atoms with Gasteiger partial charge in [0, 0.05) is 11.3 Å². The summed E-state index contributed by atoms with van der Waals surface area (Å²) in [6.07, 6.45) is 1.14. The van der Waals surface area contributed by atoms with Crippen LogP contribution >= 0.6 is 24.8 Å². The Morgan fingerprint density at radius 3 is 2.75 bits per heavy atom. The van der Waals surface area contributed by atoms with E-state index in [1.807, 2.05) is 0 Å². The minimum Gasteiger partial charge on any atom is -0.309 e. The van der Waals surface area contributed by atoms with Crippen molar-refractivity contribution < 1.29 is 0 Å². The van der Waals surface area contributed by atoms with Gasteiger partial charge >= 0.3 is 0 Å². The van der Waals surface area contributed by atoms with Crippen LogP contribution in [0.15, 0.2) is 0 Å². The molecule has 1 nitrogen and oxygen atoms in total. The highest BCUT2D eigenvalue weighted by Gasteiger charge is 2.20. The van der Waals surface area contributed by atoms with E-state index < -0.39 is 0 Å². The Morgan fingerprint density at radius 1 is 1.75 bits per heavy atom. The van der Waals surface area contributed by atoms with E-state index in [2.05, 4.69) is 17.9 Å². The maximum atomic E-state index is 4.75. The Labute approximate surface area is 60.3 Å². The summed E-state index contributed by atoms with van der Waals surface area (Å²) in [5.74, 6) is 0. The van der Waals surface area contributed by atoms with Crippen LogP contribution in [0.1, 0.15) is 6.42 Å². The zero-order valence-corrected chi connectivity index (χ0v) is 6.21. The molecule has 0 aliphatic carbocycles. The topological polar surface area (TPSA) is 12.0 Å². The second kappa shape index (κ2) is 2.80. The predicted molar refractivity (Wildman–Crippen MR) is 42.8 cm³/mol. The molecule has 0 bridgehead atoms. The minimum atomic E-state index is 0.369. The van der Waals surface area contributed by atoms with Crippen LogP contribution < -0.4 is 5.32 Å². The molecular formula is C5H9NS2. The molecule has 1 heterocycles. The molecule has 0 aromatic rings. The quantitative estimate of drug-likeness (QED) is 0.417. The largest absolute Gasteiger partial charge is 0.309 e. The fourth-order valence-electron chi connectivity index (χ4n) is 0.852. The average Bonchev–Trinajstić information content (AvgIpc) is 2.14. The maximum Gasteiger partial charge on any atom is 0.0472 e. The Kier molecular flexibility index (Phi) is 2.28. The van der Waals surface area contributed by atoms with Crippen LogP contribution in [-0.4, -0.2) is 23.2 Å². The second-order valence-electron chi connectivity index (χ2n) is 1.97. The molecule has 3 heteroatoms. The van der Waals surface area contributed by atoms with Crippen LogP contribution in [-0.2, 0) is 0 Å². The molecule has 0 aromatic carbocycles. The van der Waals surface area contributed by atoms with Crippen molar-refractivity contribution in [3.8, 4) is 0 Å². The van der Waals surface area contributed by atoms with Gasteiger partial charge in [0.15, 0.2) is 0 Å². The van der Waals surface area contributed by atoms with Gasteiger partial charge in [-0.3, -0.25) is 0 Å². The third kappa shape index (κ3) is 1.21. The normalized spacial score (nSPS) is 37.6. The molecule has 1 rings (SSSR count). The molecule has 1 aliphatic rings. The fourth-order valence-corrected chi connectivity index (χ4v) is 1.58. The molecule has 0 aromatic heterocycles. The molecule has 0 amide bonds. The summed E-state index contributed by atoms with van der Waals surface area (Å²) in [5, 5.41) is 5.43. The standard InChI is InChI=1S/C5H9NS2/c7-3-4-5(8)1-2-6-4/h3-6,8H,1-2H2/t4?,5-/m0/s1. The van der Waals surface area contributed by atoms with Crippen LogP contribution in [0.5, 0.6) is 0 Å². The number of hydrogen-bond acceptors (Lipinski definition) is 3. The van der Waals surface area contributed by atoms with E-state index in [0.717, 1.165) is 13.0 Å². The maximum absolute atomic E-state index is 4.75. The first kappa shape index (κ1) is 6.52. The lowest BCUT2D eigenvalue weighted by Gasteiger charge is -2.05. The van der Waals surface area contributed by atoms with Gasteiger partial charge < -0.3 is 5.32 Å². The lowest BCUT2D eigenvalue weighted by Crippen LogP contribution is -2.27. The van der Waals surface area contributed by atoms with E-state index in [1.165, 1.54) is 0 Å². The minimum absolute atomic E-state index is 0.369. The summed E-state index contributed by atoms with van der Waals surface area (Å²) >= 11 is 9.06. The first-order valence-electron chi connectivity index (χ1n) is 2.71. The summed E-state index contributed by atoms with van der Waals surface area (Å²) in [6, 6.07) is 0.369. The number of thiocarbonyl (C=S) groups is 1. The van der Waals surface area contributed by atoms with Crippen molar-refractivity contribution >= 4 is 30.2 Å². The smallest absolute Gasteiger partial charge is 0.0472 e. The molecule has 1 N–H and O–H groups in total. The zero-order chi connectivity index (χ0) is 5.98. The molecule has 46 valence electrons. The van der Waals surface area contributed by atoms with Gasteiger partial charge in [-0.2, -0.15) is 12.6 Å². The van der Waals surface area contributed by atoms with Gasteiger partial charge in [-0.15, -0.1) is 0 Å². The lowest BCUT2D eigenvalue weighted by atomic mass is 10.2. The van der Waals surface area contributed by atoms with E-state index in [1.54, 1.807) is 5.37 Å². The zero-order valence-electron chi connectivity index (χ0n) is 4.50. The summed E-state index contributed by atoms with van der Waals surface area (Å²) in [7, 11) is 0. The molecule has 0 spiro atoms. The molecular weight excluding hydrogens is 138 g/mol. The lowest BCUT2D eigenvalue weighted by molar-refractivity contribution is 0.789. The van der Waals surface area contributed by atoms with Crippen molar-refractivity contribution in [2.75, 3.05) is 6.54 Å². The van der Waals surface area contributed by atoms with Crippen LogP contribution in [0.2, 0.25) is 0 Å². The van der Waals surface area contributed by atoms with Gasteiger partial charge in [0.1, 0.15) is 0 Å². The van der Waals surface area contributed by atoms with E-state index in [0.29, 0.717) is 11.3 Å². The van der Waals surface area contributed by atoms with E-state index in [4.69, 9.17) is 12.2 Å². The Hall–Kier alpha value is 0.400. The number of thiol groups is 1. The highest BCUT2D eigenvalue weighted by atomic mass is 32.1. The van der Waals surface area contributed by atoms with E-state index in [9.17, 15) is 0 Å². The Bertz CT molecular complexity index is 94.4. The van der Waals surface area contributed by atoms with Gasteiger partial charge in [-0.25, -0.2) is 0 Å². The Morgan fingerprint density at radius 2 is 2.50 bits per heavy atom. The van der Waals surface area contributed by atoms with Crippen molar-refractivity contribution in [3.63, 3.8) is 0 Å². The van der Waals surface area contributed by atoms with Crippen LogP contribution in [0.25, 0.3) is 0 Å². The second-order valence-corrected chi connectivity index (χ2v) is 2.91. The molecule has 1 unspecified atom stereocenters. The summed E-state index contributed by atoms with van der Waals surface area (Å²) < 4.78 is 0. The van der Waals surface area contributed by atoms with Gasteiger partial charge in [-0.1, -0.05) is 12.2 Å². The molecule has 0 radical (unpaired) electrons. The van der Waals surface area contributed by atoms with Gasteiger partial charge in [0.2, 0.25) is 0 Å². The van der Waals surface area contributed by atoms with E-state index in [-0.39, 0.29) is 0 Å². The van der Waals surface area contributed by atoms with E-state index >= 15 is 0 Å². The highest BCUT2D eigenvalue weighted by Crippen LogP contribution is 2.10. The SMILES string of the molecule is S=CC1NCC[C@@H]1S. The van der Waals surface area contributed by atoms with Crippen molar-refractivity contribution in [2.45, 2.75) is 17.7 Å². The third-order valence-electron chi connectivity index (χ3n) is 1.38. The molecule has 1 aliphatic heterocycles. The number of rotatable bonds is 1. The molecule has 8 heavy (non-hydrogen) atoms. The van der Waals surface area contributed by atoms with Gasteiger partial charge in [0.25, 0.3) is 0 Å². The summed E-state index contributed by atoms with van der Waals surface area (Å²) in [5.41, 5.74) is 0. The van der Waals surface area contributed by atoms with Crippen LogP contribution in [0.3, 0.4) is 0 Å². The van der Waals surface area contributed by atoms with Crippen molar-refractivity contribution in [3.05, 3.63) is 0 Å². The Balaban J connectivity index is 2.41. The van der Waals surface area contributed by atoms with Gasteiger partial charge in [0.05, 0.1) is 0 Å². The highest BCUT2D eigenvalue weighted by molar-refractivity contribution is 7.81. The monoisotopic (exact) mass is 147 g/mol. The van der Waals surface area contributed by atoms with Crippen molar-refractivity contribution in [2.24, 2.45) is 0 Å². The first-order valence-corrected chi connectivity index (χ1v) is 3.70.